The van der Waals surface area contributed by atoms with E-state index in [1.165, 1.54) is 4.90 Å². The van der Waals surface area contributed by atoms with E-state index in [0.29, 0.717) is 18.0 Å². The SMILES string of the molecule is COc1ccc(Br)cc1C[NH+]1CCN(S(=O)(=O)c2ccccc2)CC1. The molecule has 1 N–H and O–H groups in total. The van der Waals surface area contributed by atoms with Crippen LogP contribution in [-0.2, 0) is 16.6 Å². The molecule has 1 heterocycles. The molecule has 0 atom stereocenters. The van der Waals surface area contributed by atoms with E-state index >= 15 is 0 Å². The average Bonchev–Trinajstić information content (AvgIpc) is 2.63. The van der Waals surface area contributed by atoms with Crippen molar-refractivity contribution in [3.05, 3.63) is 58.6 Å². The van der Waals surface area contributed by atoms with Crippen LogP contribution >= 0.6 is 15.9 Å². The van der Waals surface area contributed by atoms with Crippen LogP contribution in [0.25, 0.3) is 0 Å². The summed E-state index contributed by atoms with van der Waals surface area (Å²) < 4.78 is 33.4. The highest BCUT2D eigenvalue weighted by Gasteiger charge is 2.30. The van der Waals surface area contributed by atoms with Crippen LogP contribution in [0.1, 0.15) is 5.56 Å². The lowest BCUT2D eigenvalue weighted by Gasteiger charge is -2.31. The Labute approximate surface area is 157 Å². The van der Waals surface area contributed by atoms with Crippen LogP contribution < -0.4 is 9.64 Å². The first-order valence-electron chi connectivity index (χ1n) is 8.22. The molecule has 2 aromatic rings. The Morgan fingerprint density at radius 1 is 1.12 bits per heavy atom. The molecule has 0 aromatic heterocycles. The van der Waals surface area contributed by atoms with Crippen molar-refractivity contribution < 1.29 is 18.1 Å². The monoisotopic (exact) mass is 425 g/mol. The molecule has 0 amide bonds. The molecule has 0 spiro atoms. The summed E-state index contributed by atoms with van der Waals surface area (Å²) in [6.45, 7) is 3.44. The molecule has 0 bridgehead atoms. The van der Waals surface area contributed by atoms with E-state index in [1.807, 2.05) is 18.2 Å². The molecule has 2 aromatic carbocycles. The Morgan fingerprint density at radius 2 is 1.80 bits per heavy atom. The van der Waals surface area contributed by atoms with Gasteiger partial charge in [0.2, 0.25) is 10.0 Å². The summed E-state index contributed by atoms with van der Waals surface area (Å²) in [4.78, 5) is 1.73. The highest BCUT2D eigenvalue weighted by molar-refractivity contribution is 9.10. The van der Waals surface area contributed by atoms with E-state index in [9.17, 15) is 8.42 Å². The number of benzene rings is 2. The zero-order valence-corrected chi connectivity index (χ0v) is 16.5. The third-order valence-corrected chi connectivity index (χ3v) is 6.90. The summed E-state index contributed by atoms with van der Waals surface area (Å²) in [5, 5.41) is 0. The van der Waals surface area contributed by atoms with Gasteiger partial charge in [0.1, 0.15) is 12.3 Å². The highest BCUT2D eigenvalue weighted by atomic mass is 79.9. The fourth-order valence-corrected chi connectivity index (χ4v) is 4.99. The lowest BCUT2D eigenvalue weighted by molar-refractivity contribution is -0.917. The maximum Gasteiger partial charge on any atom is 0.243 e. The van der Waals surface area contributed by atoms with Gasteiger partial charge in [0, 0.05) is 10.0 Å². The summed E-state index contributed by atoms with van der Waals surface area (Å²) in [5.74, 6) is 0.870. The van der Waals surface area contributed by atoms with Gasteiger partial charge in [-0.1, -0.05) is 34.1 Å². The molecule has 1 saturated heterocycles. The van der Waals surface area contributed by atoms with E-state index in [-0.39, 0.29) is 0 Å². The van der Waals surface area contributed by atoms with Gasteiger partial charge in [-0.05, 0) is 30.3 Å². The smallest absolute Gasteiger partial charge is 0.243 e. The molecular formula is C18H22BrN2O3S+. The van der Waals surface area contributed by atoms with Crippen LogP contribution in [-0.4, -0.2) is 46.0 Å². The van der Waals surface area contributed by atoms with Crippen molar-refractivity contribution in [3.63, 3.8) is 0 Å². The van der Waals surface area contributed by atoms with Gasteiger partial charge >= 0.3 is 0 Å². The van der Waals surface area contributed by atoms with E-state index in [2.05, 4.69) is 22.0 Å². The van der Waals surface area contributed by atoms with Crippen molar-refractivity contribution in [2.45, 2.75) is 11.4 Å². The molecule has 1 aliphatic heterocycles. The van der Waals surface area contributed by atoms with E-state index < -0.39 is 10.0 Å². The zero-order valence-electron chi connectivity index (χ0n) is 14.1. The zero-order chi connectivity index (χ0) is 17.9. The lowest BCUT2D eigenvalue weighted by atomic mass is 10.2. The largest absolute Gasteiger partial charge is 0.496 e. The number of hydrogen-bond acceptors (Lipinski definition) is 3. The maximum atomic E-state index is 12.7. The fourth-order valence-electron chi connectivity index (χ4n) is 3.12. The number of methoxy groups -OCH3 is 1. The number of piperazine rings is 1. The van der Waals surface area contributed by atoms with Crippen LogP contribution in [0, 0.1) is 0 Å². The number of nitrogens with zero attached hydrogens (tertiary/aromatic N) is 1. The van der Waals surface area contributed by atoms with E-state index in [0.717, 1.165) is 35.4 Å². The van der Waals surface area contributed by atoms with E-state index in [1.54, 1.807) is 35.7 Å². The molecule has 3 rings (SSSR count). The Hall–Kier alpha value is -1.41. The normalized spacial score (nSPS) is 16.7. The van der Waals surface area contributed by atoms with Crippen molar-refractivity contribution in [1.82, 2.24) is 4.31 Å². The van der Waals surface area contributed by atoms with Crippen molar-refractivity contribution >= 4 is 26.0 Å². The summed E-state index contributed by atoms with van der Waals surface area (Å²) in [7, 11) is -1.72. The molecular weight excluding hydrogens is 404 g/mol. The standard InChI is InChI=1S/C18H21BrN2O3S/c1-24-18-8-7-16(19)13-15(18)14-20-9-11-21(12-10-20)25(22,23)17-5-3-2-4-6-17/h2-8,13H,9-12,14H2,1H3/p+1. The van der Waals surface area contributed by atoms with Crippen molar-refractivity contribution in [2.24, 2.45) is 0 Å². The van der Waals surface area contributed by atoms with Crippen LogP contribution in [0.4, 0.5) is 0 Å². The Kier molecular flexibility index (Phi) is 5.78. The minimum absolute atomic E-state index is 0.368. The molecule has 0 unspecified atom stereocenters. The Bertz CT molecular complexity index is 819. The third-order valence-electron chi connectivity index (χ3n) is 4.49. The van der Waals surface area contributed by atoms with Crippen LogP contribution in [0.5, 0.6) is 5.75 Å². The number of sulfonamides is 1. The molecule has 25 heavy (non-hydrogen) atoms. The number of ether oxygens (including phenoxy) is 1. The second-order valence-electron chi connectivity index (χ2n) is 6.10. The van der Waals surface area contributed by atoms with Crippen LogP contribution in [0.2, 0.25) is 0 Å². The average molecular weight is 426 g/mol. The summed E-state index contributed by atoms with van der Waals surface area (Å²) in [6, 6.07) is 14.6. The minimum Gasteiger partial charge on any atom is -0.496 e. The van der Waals surface area contributed by atoms with Gasteiger partial charge in [-0.2, -0.15) is 4.31 Å². The molecule has 0 saturated carbocycles. The molecule has 134 valence electrons. The fraction of sp³-hybridized carbons (Fsp3) is 0.333. The van der Waals surface area contributed by atoms with Gasteiger partial charge in [0.05, 0.1) is 38.2 Å². The second kappa shape index (κ2) is 7.86. The Morgan fingerprint density at radius 3 is 2.44 bits per heavy atom. The second-order valence-corrected chi connectivity index (χ2v) is 8.95. The predicted molar refractivity (Wildman–Crippen MR) is 100 cm³/mol. The molecule has 0 radical (unpaired) electrons. The van der Waals surface area contributed by atoms with Gasteiger partial charge < -0.3 is 9.64 Å². The van der Waals surface area contributed by atoms with Crippen molar-refractivity contribution in [3.8, 4) is 5.75 Å². The third kappa shape index (κ3) is 4.23. The molecule has 7 heteroatoms. The number of hydrogen-bond donors (Lipinski definition) is 1. The van der Waals surface area contributed by atoms with Crippen LogP contribution in [0.15, 0.2) is 57.9 Å². The maximum absolute atomic E-state index is 12.7. The Balaban J connectivity index is 1.66. The highest BCUT2D eigenvalue weighted by Crippen LogP contribution is 2.22. The molecule has 1 fully saturated rings. The van der Waals surface area contributed by atoms with Gasteiger partial charge in [-0.25, -0.2) is 8.42 Å². The first-order chi connectivity index (χ1) is 12.0. The molecule has 5 nitrogen and oxygen atoms in total. The van der Waals surface area contributed by atoms with E-state index in [4.69, 9.17) is 4.74 Å². The van der Waals surface area contributed by atoms with Gasteiger partial charge in [0.25, 0.3) is 0 Å². The van der Waals surface area contributed by atoms with Gasteiger partial charge in [-0.15, -0.1) is 0 Å². The summed E-state index contributed by atoms with van der Waals surface area (Å²) in [6.07, 6.45) is 0. The lowest BCUT2D eigenvalue weighted by Crippen LogP contribution is -3.13. The first kappa shape index (κ1) is 18.4. The number of quaternary nitrogens is 1. The number of halogens is 1. The van der Waals surface area contributed by atoms with Gasteiger partial charge in [0.15, 0.2) is 0 Å². The first-order valence-corrected chi connectivity index (χ1v) is 10.4. The van der Waals surface area contributed by atoms with Crippen molar-refractivity contribution in [2.75, 3.05) is 33.3 Å². The number of rotatable bonds is 5. The van der Waals surface area contributed by atoms with Crippen molar-refractivity contribution in [1.29, 1.82) is 0 Å². The van der Waals surface area contributed by atoms with Crippen LogP contribution in [0.3, 0.4) is 0 Å². The predicted octanol–water partition coefficient (Wildman–Crippen LogP) is 1.55. The molecule has 0 aliphatic carbocycles. The summed E-state index contributed by atoms with van der Waals surface area (Å²) >= 11 is 3.50. The quantitative estimate of drug-likeness (QED) is 0.790. The molecule has 1 aliphatic rings. The number of nitrogens with one attached hydrogen (secondary N) is 1. The van der Waals surface area contributed by atoms with Gasteiger partial charge in [-0.3, -0.25) is 0 Å². The summed E-state index contributed by atoms with van der Waals surface area (Å²) in [5.41, 5.74) is 1.13. The minimum atomic E-state index is -3.39. The topological polar surface area (TPSA) is 51.1 Å².